The maximum atomic E-state index is 10.5. The quantitative estimate of drug-likeness (QED) is 0.0199. The van der Waals surface area contributed by atoms with Gasteiger partial charge >= 0.3 is 0 Å². The van der Waals surface area contributed by atoms with Gasteiger partial charge in [-0.05, 0) is 145 Å². The van der Waals surface area contributed by atoms with Crippen LogP contribution in [0.4, 0.5) is 0 Å². The van der Waals surface area contributed by atoms with Crippen molar-refractivity contribution in [3.05, 3.63) is 0 Å². The van der Waals surface area contributed by atoms with Crippen LogP contribution in [0.15, 0.2) is 0 Å². The van der Waals surface area contributed by atoms with Crippen molar-refractivity contribution in [2.45, 2.75) is 564 Å². The molecule has 19 heteroatoms. The summed E-state index contributed by atoms with van der Waals surface area (Å²) in [6, 6.07) is 0. The van der Waals surface area contributed by atoms with Gasteiger partial charge in [0.1, 0.15) is 42.5 Å². The molecule has 0 saturated heterocycles. The maximum absolute atomic E-state index is 10.5. The van der Waals surface area contributed by atoms with Crippen molar-refractivity contribution in [1.29, 1.82) is 0 Å². The van der Waals surface area contributed by atoms with Crippen LogP contribution in [0.5, 0.6) is 0 Å². The van der Waals surface area contributed by atoms with Crippen molar-refractivity contribution in [1.82, 2.24) is 25.8 Å². The standard InChI is InChI=1S/C19H41NO2.C18H39NO.C15H33NO2.C15H33NO.C14H31NO.C7H17NO.C3H9NO2.2C3H8O/c1-4-6-8-10-12-14-16-18(3,21)19(20,22)17-15-13-11-9-7-5-2;1-4-6-8-10-12-14-16-19(18(3)20)17-15-13-11-9-7-5-2;1-3-4-5-6-7-8-9-10-11-12-13-16-15(18)14(2)17;1-3-5-6-7-8-9-10-11-12-13-14-16-15(17)4-2;1-3-4-5-6-7-8-9-10-11-12-13-15-14(2)16;1-4-8(5-2)6-7(3)9;1-2(5)3(4)6;2*1-2-3-4/h21-22H,4-17,20H2,1-3H3;18,20H,4-17H2,1-3H3;14-18H,3-13H2,1-2H3;15-17H,3-14H2,1-2H3;14-16H,3-13H2,1-2H3;7,9H,4-6H2,1-3H3;2-3,5-6H,4H2,1H3;2*4H,2-3H2,1H3. The fourth-order valence-electron chi connectivity index (χ4n) is 12.4. The molecular formula is C97H219N7O12. The zero-order valence-corrected chi connectivity index (χ0v) is 81.3. The molecule has 10 atom stereocenters. The molecule has 0 aliphatic carbocycles. The molecule has 0 radical (unpaired) electrons. The third-order valence-electron chi connectivity index (χ3n) is 21.0. The second-order valence-corrected chi connectivity index (χ2v) is 33.6. The van der Waals surface area contributed by atoms with Crippen molar-refractivity contribution in [2.24, 2.45) is 11.5 Å². The van der Waals surface area contributed by atoms with E-state index in [0.717, 1.165) is 104 Å². The molecule has 19 N–H and O–H groups in total. The van der Waals surface area contributed by atoms with E-state index in [1.807, 2.05) is 34.6 Å². The number of aliphatic hydroxyl groups excluding tert-OH is 10. The lowest BCUT2D eigenvalue weighted by molar-refractivity contribution is -0.148. The number of hydrogen-bond acceptors (Lipinski definition) is 19. The summed E-state index contributed by atoms with van der Waals surface area (Å²) < 4.78 is 0. The lowest BCUT2D eigenvalue weighted by Crippen LogP contribution is -2.59. The second-order valence-electron chi connectivity index (χ2n) is 33.6. The first-order chi connectivity index (χ1) is 55.5. The van der Waals surface area contributed by atoms with Crippen molar-refractivity contribution >= 4 is 0 Å². The predicted octanol–water partition coefficient (Wildman–Crippen LogP) is 21.6. The second kappa shape index (κ2) is 114. The van der Waals surface area contributed by atoms with Crippen molar-refractivity contribution in [3.63, 3.8) is 0 Å². The fraction of sp³-hybridized carbons (Fsp3) is 1.00. The lowest BCUT2D eigenvalue weighted by atomic mass is 9.84. The average molecular weight is 1680 g/mol. The molecule has 0 amide bonds. The van der Waals surface area contributed by atoms with E-state index in [1.54, 1.807) is 20.8 Å². The van der Waals surface area contributed by atoms with Crippen LogP contribution in [-0.4, -0.2) is 197 Å². The van der Waals surface area contributed by atoms with Gasteiger partial charge in [-0.25, -0.2) is 0 Å². The van der Waals surface area contributed by atoms with Gasteiger partial charge < -0.3 is 77.6 Å². The van der Waals surface area contributed by atoms with E-state index in [-0.39, 0.29) is 24.8 Å². The number of hydrogen-bond donors (Lipinski definition) is 17. The number of likely N-dealkylation sites (N-methyl/N-ethyl adjacent to an activating group) is 1. The Morgan fingerprint density at radius 1 is 0.319 bits per heavy atom. The molecule has 10 unspecified atom stereocenters. The zero-order valence-electron chi connectivity index (χ0n) is 81.3. The number of nitrogens with zero attached hydrogens (tertiary/aromatic N) is 2. The number of unbranched alkanes of at least 4 members (excludes halogenated alkanes) is 47. The summed E-state index contributed by atoms with van der Waals surface area (Å²) in [5.74, 6) is 0. The summed E-state index contributed by atoms with van der Waals surface area (Å²) in [6.45, 7) is 44.3. The minimum Gasteiger partial charge on any atom is -0.396 e. The number of rotatable bonds is 75. The Hall–Kier alpha value is -0.760. The van der Waals surface area contributed by atoms with Gasteiger partial charge in [0.25, 0.3) is 0 Å². The van der Waals surface area contributed by atoms with Crippen molar-refractivity contribution in [2.75, 3.05) is 65.6 Å². The first kappa shape index (κ1) is 133. The molecule has 0 aromatic carbocycles. The van der Waals surface area contributed by atoms with E-state index < -0.39 is 36.0 Å². The summed E-state index contributed by atoms with van der Waals surface area (Å²) in [7, 11) is 0. The van der Waals surface area contributed by atoms with Gasteiger partial charge in [-0.3, -0.25) is 20.9 Å². The molecule has 0 heterocycles. The van der Waals surface area contributed by atoms with E-state index in [1.165, 1.54) is 322 Å². The number of nitrogens with two attached hydrogens (primary N) is 2. The highest BCUT2D eigenvalue weighted by Gasteiger charge is 2.41. The van der Waals surface area contributed by atoms with E-state index in [9.17, 15) is 25.5 Å². The molecule has 714 valence electrons. The molecule has 116 heavy (non-hydrogen) atoms. The molecule has 0 rings (SSSR count). The molecule has 0 aromatic heterocycles. The Morgan fingerprint density at radius 3 is 0.776 bits per heavy atom. The Kier molecular flexibility index (Phi) is 131. The van der Waals surface area contributed by atoms with Crippen LogP contribution in [0.25, 0.3) is 0 Å². The van der Waals surface area contributed by atoms with Gasteiger partial charge in [-0.1, -0.05) is 391 Å². The predicted molar refractivity (Wildman–Crippen MR) is 507 cm³/mol. The van der Waals surface area contributed by atoms with Crippen LogP contribution in [0.1, 0.15) is 503 Å². The molecule has 0 saturated carbocycles. The first-order valence-corrected chi connectivity index (χ1v) is 49.8. The Labute approximate surface area is 724 Å². The summed E-state index contributed by atoms with van der Waals surface area (Å²) >= 11 is 0. The molecule has 0 aliphatic heterocycles. The molecule has 0 spiro atoms. The van der Waals surface area contributed by atoms with E-state index in [4.69, 9.17) is 47.2 Å². The summed E-state index contributed by atoms with van der Waals surface area (Å²) in [6.07, 6.45) is 69.7. The third-order valence-corrected chi connectivity index (χ3v) is 21.0. The highest BCUT2D eigenvalue weighted by molar-refractivity contribution is 4.92. The number of nitrogens with one attached hydrogen (secondary N) is 3. The van der Waals surface area contributed by atoms with Crippen LogP contribution in [0.2, 0.25) is 0 Å². The van der Waals surface area contributed by atoms with Crippen molar-refractivity contribution < 1.29 is 61.3 Å². The summed E-state index contributed by atoms with van der Waals surface area (Å²) in [5.41, 5.74) is 8.11. The monoisotopic (exact) mass is 1670 g/mol. The normalized spacial score (nSPS) is 14.1. The molecule has 0 aromatic rings. The van der Waals surface area contributed by atoms with Gasteiger partial charge in [0.2, 0.25) is 0 Å². The van der Waals surface area contributed by atoms with Crippen LogP contribution >= 0.6 is 0 Å². The average Bonchev–Trinajstić information content (AvgIpc) is 0.827. The zero-order chi connectivity index (χ0) is 89.7. The highest BCUT2D eigenvalue weighted by atomic mass is 16.4. The van der Waals surface area contributed by atoms with Crippen LogP contribution < -0.4 is 27.4 Å². The largest absolute Gasteiger partial charge is 0.396 e. The SMILES string of the molecule is CC(O)C(N)O.CCCCCCCCC(C)(O)C(N)(O)CCCCCCCC.CCCCCCCCCCCCNC(C)O.CCCCCCCCCCCCNC(O)C(C)O.CCCCCCCCCCCCNC(O)CC.CCCCCCCCN(CCCCCCCC)C(C)O.CCCO.CCCO.CCN(CC)CC(C)O. The van der Waals surface area contributed by atoms with Gasteiger partial charge in [0.15, 0.2) is 0 Å². The van der Waals surface area contributed by atoms with E-state index in [2.05, 4.69) is 88.1 Å². The Bertz CT molecular complexity index is 1570. The molecule has 19 nitrogen and oxygen atoms in total. The highest BCUT2D eigenvalue weighted by Crippen LogP contribution is 2.29. The topological polar surface area (TPSA) is 337 Å². The lowest BCUT2D eigenvalue weighted by Gasteiger charge is -2.38. The van der Waals surface area contributed by atoms with Gasteiger partial charge in [-0.2, -0.15) is 0 Å². The molecule has 0 aliphatic rings. The van der Waals surface area contributed by atoms with Crippen LogP contribution in [0, 0.1) is 0 Å². The fourth-order valence-corrected chi connectivity index (χ4v) is 12.4. The molecular weight excluding hydrogens is 1460 g/mol. The number of aliphatic hydroxyl groups is 12. The van der Waals surface area contributed by atoms with E-state index >= 15 is 0 Å². The Morgan fingerprint density at radius 2 is 0.560 bits per heavy atom. The van der Waals surface area contributed by atoms with Crippen molar-refractivity contribution in [3.8, 4) is 0 Å². The Balaban J connectivity index is -0.000000165. The smallest absolute Gasteiger partial charge is 0.142 e. The first-order valence-electron chi connectivity index (χ1n) is 49.8. The molecule has 0 fully saturated rings. The van der Waals surface area contributed by atoms with Gasteiger partial charge in [0.05, 0.1) is 18.3 Å². The van der Waals surface area contributed by atoms with Gasteiger partial charge in [0, 0.05) is 32.8 Å². The molecule has 0 bridgehead atoms. The summed E-state index contributed by atoms with van der Waals surface area (Å²) in [5, 5.41) is 118. The van der Waals surface area contributed by atoms with Gasteiger partial charge in [-0.15, -0.1) is 0 Å². The van der Waals surface area contributed by atoms with Crippen LogP contribution in [0.3, 0.4) is 0 Å². The minimum atomic E-state index is -1.46. The maximum Gasteiger partial charge on any atom is 0.142 e. The summed E-state index contributed by atoms with van der Waals surface area (Å²) in [4.78, 5) is 4.45. The minimum absolute atomic E-state index is 0.190. The van der Waals surface area contributed by atoms with E-state index in [0.29, 0.717) is 26.1 Å². The van der Waals surface area contributed by atoms with Crippen LogP contribution in [-0.2, 0) is 0 Å². The third kappa shape index (κ3) is 129.